The minimum Gasteiger partial charge on any atom is -0.306 e. The van der Waals surface area contributed by atoms with E-state index in [9.17, 15) is 0 Å². The molecule has 0 atom stereocenters. The Balaban J connectivity index is 1.12. The summed E-state index contributed by atoms with van der Waals surface area (Å²) < 4.78 is 3.34. The molecule has 0 N–H and O–H groups in total. The lowest BCUT2D eigenvalue weighted by Crippen LogP contribution is -1.93. The van der Waals surface area contributed by atoms with E-state index in [1.54, 1.807) is 11.3 Å². The molecule has 0 aliphatic carbocycles. The lowest BCUT2D eigenvalue weighted by Gasteiger charge is -2.12. The maximum atomic E-state index is 5.17. The molecule has 0 unspecified atom stereocenters. The van der Waals surface area contributed by atoms with E-state index in [2.05, 4.69) is 132 Å². The van der Waals surface area contributed by atoms with Crippen molar-refractivity contribution in [2.24, 2.45) is 0 Å². The van der Waals surface area contributed by atoms with Crippen LogP contribution in [0.5, 0.6) is 0 Å². The maximum absolute atomic E-state index is 5.17. The van der Waals surface area contributed by atoms with E-state index >= 15 is 0 Å². The van der Waals surface area contributed by atoms with E-state index in [0.29, 0.717) is 0 Å². The van der Waals surface area contributed by atoms with Gasteiger partial charge in [-0.25, -0.2) is 15.0 Å². The zero-order valence-corrected chi connectivity index (χ0v) is 24.4. The molecule has 0 aliphatic heterocycles. The summed E-state index contributed by atoms with van der Waals surface area (Å²) in [7, 11) is 0. The maximum Gasteiger partial charge on any atom is 0.146 e. The summed E-state index contributed by atoms with van der Waals surface area (Å²) in [6.07, 6.45) is 4.20. The molecule has 5 aromatic carbocycles. The number of benzene rings is 5. The standard InChI is InChI=1S/C39H24N4S/c1-2-8-27(9-3-1)34-24-43-23-22-31-36(38(43)41-34)30-10-4-5-11-32(30)40-37(31)28-18-14-25(15-19-28)26-16-20-29(21-17-26)39-42-33-12-6-7-13-35(33)44-39/h1-24H. The summed E-state index contributed by atoms with van der Waals surface area (Å²) in [5.74, 6) is 0. The van der Waals surface area contributed by atoms with E-state index < -0.39 is 0 Å². The number of fused-ring (bicyclic) bond motifs is 6. The summed E-state index contributed by atoms with van der Waals surface area (Å²) in [4.78, 5) is 15.1. The Labute approximate surface area is 257 Å². The first-order valence-electron chi connectivity index (χ1n) is 14.6. The van der Waals surface area contributed by atoms with E-state index in [1.807, 2.05) is 18.2 Å². The molecule has 4 nitrogen and oxygen atoms in total. The average Bonchev–Trinajstić information content (AvgIpc) is 3.74. The molecule has 9 aromatic rings. The van der Waals surface area contributed by atoms with Crippen LogP contribution in [0, 0.1) is 0 Å². The van der Waals surface area contributed by atoms with Crippen LogP contribution in [0.3, 0.4) is 0 Å². The summed E-state index contributed by atoms with van der Waals surface area (Å²) >= 11 is 1.73. The molecule has 0 aliphatic rings. The number of hydrogen-bond acceptors (Lipinski definition) is 4. The molecule has 5 heteroatoms. The van der Waals surface area contributed by atoms with E-state index in [4.69, 9.17) is 15.0 Å². The fourth-order valence-corrected chi connectivity index (χ4v) is 7.04. The predicted octanol–water partition coefficient (Wildman–Crippen LogP) is 10.3. The molecule has 0 amide bonds. The second-order valence-corrected chi connectivity index (χ2v) is 12.0. The van der Waals surface area contributed by atoms with Gasteiger partial charge in [0.15, 0.2) is 0 Å². The number of pyridine rings is 2. The number of hydrogen-bond donors (Lipinski definition) is 0. The number of imidazole rings is 1. The first-order chi connectivity index (χ1) is 21.8. The van der Waals surface area contributed by atoms with Crippen LogP contribution in [-0.2, 0) is 0 Å². The normalized spacial score (nSPS) is 11.6. The van der Waals surface area contributed by atoms with Gasteiger partial charge in [-0.3, -0.25) is 0 Å². The minimum atomic E-state index is 0.936. The number of aromatic nitrogens is 4. The molecule has 44 heavy (non-hydrogen) atoms. The summed E-state index contributed by atoms with van der Waals surface area (Å²) in [6.45, 7) is 0. The summed E-state index contributed by atoms with van der Waals surface area (Å²) in [5.41, 5.74) is 10.5. The Morgan fingerprint density at radius 2 is 1.14 bits per heavy atom. The van der Waals surface area contributed by atoms with Crippen LogP contribution in [0.2, 0.25) is 0 Å². The van der Waals surface area contributed by atoms with Gasteiger partial charge in [0.1, 0.15) is 10.7 Å². The van der Waals surface area contributed by atoms with E-state index in [1.165, 1.54) is 10.3 Å². The minimum absolute atomic E-state index is 0.936. The fourth-order valence-electron chi connectivity index (χ4n) is 6.07. The zero-order valence-electron chi connectivity index (χ0n) is 23.6. The number of nitrogens with zero attached hydrogens (tertiary/aromatic N) is 4. The highest BCUT2D eigenvalue weighted by Gasteiger charge is 2.16. The first-order valence-corrected chi connectivity index (χ1v) is 15.4. The quantitative estimate of drug-likeness (QED) is 0.195. The van der Waals surface area contributed by atoms with Crippen molar-refractivity contribution in [1.82, 2.24) is 19.4 Å². The van der Waals surface area contributed by atoms with Crippen LogP contribution >= 0.6 is 11.3 Å². The Morgan fingerprint density at radius 3 is 1.91 bits per heavy atom. The molecule has 0 bridgehead atoms. The third-order valence-electron chi connectivity index (χ3n) is 8.27. The molecule has 9 rings (SSSR count). The molecule has 0 spiro atoms. The van der Waals surface area contributed by atoms with Gasteiger partial charge >= 0.3 is 0 Å². The number of para-hydroxylation sites is 2. The fraction of sp³-hybridized carbons (Fsp3) is 0. The van der Waals surface area contributed by atoms with Gasteiger partial charge in [0.2, 0.25) is 0 Å². The smallest absolute Gasteiger partial charge is 0.146 e. The molecule has 4 aromatic heterocycles. The molecule has 0 saturated carbocycles. The summed E-state index contributed by atoms with van der Waals surface area (Å²) in [5, 5.41) is 4.36. The third kappa shape index (κ3) is 4.09. The molecular weight excluding hydrogens is 557 g/mol. The SMILES string of the molecule is c1ccc(-c2cn3ccc4c(-c5ccc(-c6ccc(-c7nc8ccccc8s7)cc6)cc5)nc5ccccc5c4c3n2)cc1. The molecule has 0 fully saturated rings. The van der Waals surface area contributed by atoms with Crippen LogP contribution in [0.15, 0.2) is 146 Å². The third-order valence-corrected chi connectivity index (χ3v) is 9.36. The van der Waals surface area contributed by atoms with Crippen molar-refractivity contribution in [2.45, 2.75) is 0 Å². The highest BCUT2D eigenvalue weighted by atomic mass is 32.1. The zero-order chi connectivity index (χ0) is 29.0. The molecule has 0 saturated heterocycles. The highest BCUT2D eigenvalue weighted by molar-refractivity contribution is 7.21. The van der Waals surface area contributed by atoms with Crippen molar-refractivity contribution >= 4 is 48.9 Å². The monoisotopic (exact) mass is 580 g/mol. The van der Waals surface area contributed by atoms with Crippen LogP contribution in [0.1, 0.15) is 0 Å². The Hall–Kier alpha value is -5.65. The average molecular weight is 581 g/mol. The molecule has 206 valence electrons. The molecular formula is C39H24N4S. The van der Waals surface area contributed by atoms with Crippen LogP contribution < -0.4 is 0 Å². The van der Waals surface area contributed by atoms with Gasteiger partial charge in [-0.2, -0.15) is 0 Å². The van der Waals surface area contributed by atoms with Gasteiger partial charge in [-0.1, -0.05) is 109 Å². The van der Waals surface area contributed by atoms with Crippen molar-refractivity contribution < 1.29 is 0 Å². The Bertz CT molecular complexity index is 2440. The Kier molecular flexibility index (Phi) is 5.64. The van der Waals surface area contributed by atoms with Crippen molar-refractivity contribution in [3.05, 3.63) is 146 Å². The lowest BCUT2D eigenvalue weighted by atomic mass is 9.98. The van der Waals surface area contributed by atoms with Crippen LogP contribution in [0.4, 0.5) is 0 Å². The highest BCUT2D eigenvalue weighted by Crippen LogP contribution is 2.37. The van der Waals surface area contributed by atoms with E-state index in [0.717, 1.165) is 71.5 Å². The predicted molar refractivity (Wildman–Crippen MR) is 183 cm³/mol. The molecule has 4 heterocycles. The second-order valence-electron chi connectivity index (χ2n) is 10.9. The van der Waals surface area contributed by atoms with E-state index in [-0.39, 0.29) is 0 Å². The van der Waals surface area contributed by atoms with Gasteiger partial charge in [0.25, 0.3) is 0 Å². The number of rotatable bonds is 4. The topological polar surface area (TPSA) is 43.1 Å². The first kappa shape index (κ1) is 24.9. The van der Waals surface area contributed by atoms with Crippen LogP contribution in [-0.4, -0.2) is 19.4 Å². The summed E-state index contributed by atoms with van der Waals surface area (Å²) in [6, 6.07) is 46.6. The van der Waals surface area contributed by atoms with Crippen LogP contribution in [0.25, 0.3) is 81.8 Å². The van der Waals surface area contributed by atoms with Crippen molar-refractivity contribution in [3.8, 4) is 44.2 Å². The Morgan fingerprint density at radius 1 is 0.477 bits per heavy atom. The molecule has 0 radical (unpaired) electrons. The van der Waals surface area contributed by atoms with Gasteiger partial charge in [-0.15, -0.1) is 11.3 Å². The number of thiazole rings is 1. The van der Waals surface area contributed by atoms with Gasteiger partial charge in [0.05, 0.1) is 27.1 Å². The second kappa shape index (κ2) is 9.97. The van der Waals surface area contributed by atoms with Crippen molar-refractivity contribution in [1.29, 1.82) is 0 Å². The van der Waals surface area contributed by atoms with Gasteiger partial charge in [0, 0.05) is 45.2 Å². The van der Waals surface area contributed by atoms with Crippen molar-refractivity contribution in [2.75, 3.05) is 0 Å². The lowest BCUT2D eigenvalue weighted by molar-refractivity contribution is 1.20. The largest absolute Gasteiger partial charge is 0.306 e. The van der Waals surface area contributed by atoms with Crippen molar-refractivity contribution in [3.63, 3.8) is 0 Å². The van der Waals surface area contributed by atoms with Gasteiger partial charge in [-0.05, 0) is 35.4 Å². The van der Waals surface area contributed by atoms with Gasteiger partial charge < -0.3 is 4.40 Å².